The molecule has 2 rings (SSSR count). The summed E-state index contributed by atoms with van der Waals surface area (Å²) in [6, 6.07) is 2.84. The second-order valence-electron chi connectivity index (χ2n) is 5.03. The van der Waals surface area contributed by atoms with Crippen molar-refractivity contribution in [1.82, 2.24) is 15.3 Å². The van der Waals surface area contributed by atoms with Gasteiger partial charge >= 0.3 is 0 Å². The number of rotatable bonds is 6. The average molecular weight is 343 g/mol. The first-order chi connectivity index (χ1) is 10.8. The molecule has 6 nitrogen and oxygen atoms in total. The summed E-state index contributed by atoms with van der Waals surface area (Å²) >= 11 is 0. The van der Waals surface area contributed by atoms with Crippen molar-refractivity contribution in [3.05, 3.63) is 47.8 Å². The molecule has 0 aliphatic heterocycles. The molecule has 0 aliphatic rings. The Morgan fingerprint density at radius 1 is 1.35 bits per heavy atom. The van der Waals surface area contributed by atoms with Gasteiger partial charge in [0.15, 0.2) is 0 Å². The maximum Gasteiger partial charge on any atom is 0.235 e. The Hall–Kier alpha value is -2.29. The van der Waals surface area contributed by atoms with E-state index >= 15 is 0 Å². The lowest BCUT2D eigenvalue weighted by Gasteiger charge is -2.14. The first kappa shape index (κ1) is 17.1. The summed E-state index contributed by atoms with van der Waals surface area (Å²) in [6.07, 6.45) is 2.49. The second kappa shape index (κ2) is 6.86. The minimum absolute atomic E-state index is 0.0922. The molecule has 2 aromatic rings. The highest BCUT2D eigenvalue weighted by molar-refractivity contribution is 7.91. The zero-order chi connectivity index (χ0) is 17.0. The van der Waals surface area contributed by atoms with Crippen molar-refractivity contribution < 1.29 is 22.0 Å². The molecule has 0 fully saturated rings. The van der Waals surface area contributed by atoms with Crippen LogP contribution in [0.15, 0.2) is 35.7 Å². The number of nitrogens with zero attached hydrogens (tertiary/aromatic N) is 1. The number of carbonyl (C=O) groups is 1. The second-order valence-corrected chi connectivity index (χ2v) is 6.93. The Labute approximate surface area is 131 Å². The van der Waals surface area contributed by atoms with Gasteiger partial charge in [-0.1, -0.05) is 6.07 Å². The summed E-state index contributed by atoms with van der Waals surface area (Å²) in [7, 11) is -3.88. The summed E-state index contributed by atoms with van der Waals surface area (Å²) < 4.78 is 50.8. The zero-order valence-electron chi connectivity index (χ0n) is 12.2. The van der Waals surface area contributed by atoms with Crippen molar-refractivity contribution >= 4 is 15.7 Å². The van der Waals surface area contributed by atoms with Crippen LogP contribution in [0, 0.1) is 11.6 Å². The highest BCUT2D eigenvalue weighted by atomic mass is 32.2. The number of sulfone groups is 1. The van der Waals surface area contributed by atoms with Gasteiger partial charge in [-0.05, 0) is 25.5 Å². The molecule has 0 saturated heterocycles. The van der Waals surface area contributed by atoms with E-state index in [0.29, 0.717) is 0 Å². The fourth-order valence-electron chi connectivity index (χ4n) is 2.06. The predicted molar refractivity (Wildman–Crippen MR) is 78.3 cm³/mol. The van der Waals surface area contributed by atoms with E-state index in [-0.39, 0.29) is 17.1 Å². The molecule has 0 bridgehead atoms. The van der Waals surface area contributed by atoms with E-state index < -0.39 is 39.2 Å². The Morgan fingerprint density at radius 3 is 2.57 bits per heavy atom. The third kappa shape index (κ3) is 4.35. The van der Waals surface area contributed by atoms with Crippen molar-refractivity contribution in [1.29, 1.82) is 0 Å². The summed E-state index contributed by atoms with van der Waals surface area (Å²) in [6.45, 7) is 1.53. The van der Waals surface area contributed by atoms with Gasteiger partial charge in [-0.3, -0.25) is 4.79 Å². The van der Waals surface area contributed by atoms with E-state index in [1.54, 1.807) is 0 Å². The lowest BCUT2D eigenvalue weighted by atomic mass is 10.1. The standard InChI is InChI=1S/C14H15F2N3O3S/c1-9(7-10-11(15)3-2-4-12(10)16)19-13(20)8-23(21,22)14-17-5-6-18-14/h2-6,9H,7-8H2,1H3,(H,17,18)(H,19,20)/t9-/m1/s1. The molecule has 1 aromatic carbocycles. The number of nitrogens with one attached hydrogen (secondary N) is 2. The Kier molecular flexibility index (Phi) is 5.09. The SMILES string of the molecule is C[C@H](Cc1c(F)cccc1F)NC(=O)CS(=O)(=O)c1ncc[nH]1. The molecule has 23 heavy (non-hydrogen) atoms. The van der Waals surface area contributed by atoms with Gasteiger partial charge in [0.05, 0.1) is 0 Å². The van der Waals surface area contributed by atoms with E-state index in [0.717, 1.165) is 12.1 Å². The molecule has 0 aliphatic carbocycles. The number of aromatic amines is 1. The van der Waals surface area contributed by atoms with Gasteiger partial charge in [-0.2, -0.15) is 0 Å². The molecule has 1 aromatic heterocycles. The van der Waals surface area contributed by atoms with Gasteiger partial charge < -0.3 is 10.3 Å². The Morgan fingerprint density at radius 2 is 2.00 bits per heavy atom. The maximum absolute atomic E-state index is 13.5. The van der Waals surface area contributed by atoms with Gasteiger partial charge in [-0.15, -0.1) is 0 Å². The average Bonchev–Trinajstić information content (AvgIpc) is 2.97. The largest absolute Gasteiger partial charge is 0.352 e. The fraction of sp³-hybridized carbons (Fsp3) is 0.286. The number of hydrogen-bond acceptors (Lipinski definition) is 4. The van der Waals surface area contributed by atoms with Crippen LogP contribution in [0.5, 0.6) is 0 Å². The van der Waals surface area contributed by atoms with Crippen LogP contribution in [0.2, 0.25) is 0 Å². The Bertz CT molecular complexity index is 771. The van der Waals surface area contributed by atoms with Crippen LogP contribution in [-0.4, -0.2) is 36.1 Å². The minimum atomic E-state index is -3.88. The number of halogens is 2. The van der Waals surface area contributed by atoms with E-state index in [9.17, 15) is 22.0 Å². The highest BCUT2D eigenvalue weighted by Crippen LogP contribution is 2.14. The van der Waals surface area contributed by atoms with Crippen LogP contribution >= 0.6 is 0 Å². The first-order valence-corrected chi connectivity index (χ1v) is 8.39. The molecule has 0 radical (unpaired) electrons. The predicted octanol–water partition coefficient (Wildman–Crippen LogP) is 1.21. The smallest absolute Gasteiger partial charge is 0.235 e. The number of hydrogen-bond donors (Lipinski definition) is 2. The van der Waals surface area contributed by atoms with Gasteiger partial charge in [0.25, 0.3) is 0 Å². The van der Waals surface area contributed by atoms with E-state index in [2.05, 4.69) is 15.3 Å². The first-order valence-electron chi connectivity index (χ1n) is 6.74. The quantitative estimate of drug-likeness (QED) is 0.825. The van der Waals surface area contributed by atoms with Crippen LogP contribution in [-0.2, 0) is 21.1 Å². The van der Waals surface area contributed by atoms with Crippen LogP contribution in [0.1, 0.15) is 12.5 Å². The molecule has 0 spiro atoms. The molecule has 1 heterocycles. The van der Waals surface area contributed by atoms with Crippen LogP contribution < -0.4 is 5.32 Å². The monoisotopic (exact) mass is 343 g/mol. The third-order valence-corrected chi connectivity index (χ3v) is 4.52. The Balaban J connectivity index is 1.98. The maximum atomic E-state index is 13.5. The van der Waals surface area contributed by atoms with Gasteiger partial charge in [0.2, 0.25) is 20.9 Å². The highest BCUT2D eigenvalue weighted by Gasteiger charge is 2.23. The number of benzene rings is 1. The van der Waals surface area contributed by atoms with Crippen molar-refractivity contribution in [2.75, 3.05) is 5.75 Å². The van der Waals surface area contributed by atoms with Crippen molar-refractivity contribution in [3.63, 3.8) is 0 Å². The summed E-state index contributed by atoms with van der Waals surface area (Å²) in [5.41, 5.74) is -0.158. The van der Waals surface area contributed by atoms with Gasteiger partial charge in [-0.25, -0.2) is 22.2 Å². The number of carbonyl (C=O) groups excluding carboxylic acids is 1. The molecule has 1 amide bonds. The van der Waals surface area contributed by atoms with E-state index in [4.69, 9.17) is 0 Å². The van der Waals surface area contributed by atoms with Gasteiger partial charge in [0.1, 0.15) is 17.4 Å². The normalized spacial score (nSPS) is 12.8. The summed E-state index contributed by atoms with van der Waals surface area (Å²) in [4.78, 5) is 17.8. The molecular weight excluding hydrogens is 328 g/mol. The molecule has 0 unspecified atom stereocenters. The molecular formula is C14H15F2N3O3S. The lowest BCUT2D eigenvalue weighted by molar-refractivity contribution is -0.119. The third-order valence-electron chi connectivity index (χ3n) is 3.07. The van der Waals surface area contributed by atoms with Crippen LogP contribution in [0.3, 0.4) is 0 Å². The molecule has 0 saturated carbocycles. The van der Waals surface area contributed by atoms with Gasteiger partial charge in [0, 0.05) is 24.0 Å². The molecule has 1 atom stereocenters. The summed E-state index contributed by atoms with van der Waals surface area (Å²) in [5.74, 6) is -3.00. The summed E-state index contributed by atoms with van der Waals surface area (Å²) in [5, 5.41) is 2.10. The van der Waals surface area contributed by atoms with Crippen LogP contribution in [0.4, 0.5) is 8.78 Å². The molecule has 9 heteroatoms. The lowest BCUT2D eigenvalue weighted by Crippen LogP contribution is -2.38. The zero-order valence-corrected chi connectivity index (χ0v) is 13.0. The minimum Gasteiger partial charge on any atom is -0.352 e. The fourth-order valence-corrected chi connectivity index (χ4v) is 3.10. The number of H-pyrrole nitrogens is 1. The molecule has 2 N–H and O–H groups in total. The topological polar surface area (TPSA) is 91.9 Å². The number of imidazole rings is 1. The van der Waals surface area contributed by atoms with Crippen molar-refractivity contribution in [3.8, 4) is 0 Å². The number of amides is 1. The molecule has 124 valence electrons. The van der Waals surface area contributed by atoms with Crippen molar-refractivity contribution in [2.24, 2.45) is 0 Å². The van der Waals surface area contributed by atoms with E-state index in [1.807, 2.05) is 0 Å². The number of aromatic nitrogens is 2. The van der Waals surface area contributed by atoms with E-state index in [1.165, 1.54) is 25.4 Å². The van der Waals surface area contributed by atoms with Crippen LogP contribution in [0.25, 0.3) is 0 Å². The van der Waals surface area contributed by atoms with Crippen molar-refractivity contribution in [2.45, 2.75) is 24.5 Å².